The van der Waals surface area contributed by atoms with Crippen LogP contribution in [-0.4, -0.2) is 46.5 Å². The van der Waals surface area contributed by atoms with E-state index in [-0.39, 0.29) is 11.9 Å². The Bertz CT molecular complexity index is 806. The van der Waals surface area contributed by atoms with Gasteiger partial charge in [0.2, 0.25) is 5.95 Å². The van der Waals surface area contributed by atoms with Crippen LogP contribution in [0.25, 0.3) is 0 Å². The van der Waals surface area contributed by atoms with Crippen molar-refractivity contribution in [2.75, 3.05) is 29.9 Å². The van der Waals surface area contributed by atoms with Gasteiger partial charge in [-0.15, -0.1) is 0 Å². The van der Waals surface area contributed by atoms with Gasteiger partial charge in [0, 0.05) is 50.2 Å². The fraction of sp³-hybridized carbons (Fsp3) is 0.524. The molecule has 2 aromatic rings. The lowest BCUT2D eigenvalue weighted by Gasteiger charge is -2.19. The second-order valence-electron chi connectivity index (χ2n) is 7.93. The first-order chi connectivity index (χ1) is 13.4. The molecule has 0 aliphatic carbocycles. The highest BCUT2D eigenvalue weighted by Gasteiger charge is 2.22. The number of fused-ring (bicyclic) bond motifs is 1. The minimum atomic E-state index is -0.0796. The van der Waals surface area contributed by atoms with Crippen molar-refractivity contribution in [2.24, 2.45) is 5.92 Å². The van der Waals surface area contributed by atoms with Crippen LogP contribution >= 0.6 is 0 Å². The van der Waals surface area contributed by atoms with Gasteiger partial charge in [0.15, 0.2) is 0 Å². The summed E-state index contributed by atoms with van der Waals surface area (Å²) in [4.78, 5) is 28.5. The molecule has 0 aromatic carbocycles. The van der Waals surface area contributed by atoms with Crippen molar-refractivity contribution in [3.63, 3.8) is 0 Å². The Kier molecular flexibility index (Phi) is 6.44. The first kappa shape index (κ1) is 20.0. The summed E-state index contributed by atoms with van der Waals surface area (Å²) in [6.07, 6.45) is 5.14. The zero-order valence-electron chi connectivity index (χ0n) is 17.2. The Hall–Kier alpha value is -2.70. The average molecular weight is 383 g/mol. The lowest BCUT2D eigenvalue weighted by Crippen LogP contribution is -2.31. The second kappa shape index (κ2) is 8.99. The van der Waals surface area contributed by atoms with Gasteiger partial charge >= 0.3 is 0 Å². The Morgan fingerprint density at radius 2 is 1.86 bits per heavy atom. The van der Waals surface area contributed by atoms with E-state index in [1.165, 1.54) is 0 Å². The molecular weight excluding hydrogens is 352 g/mol. The van der Waals surface area contributed by atoms with E-state index in [0.717, 1.165) is 49.7 Å². The number of anilines is 2. The van der Waals surface area contributed by atoms with Crippen molar-refractivity contribution in [3.8, 4) is 0 Å². The third-order valence-electron chi connectivity index (χ3n) is 4.64. The minimum absolute atomic E-state index is 0.0787. The molecule has 7 heteroatoms. The quantitative estimate of drug-likeness (QED) is 0.799. The van der Waals surface area contributed by atoms with Gasteiger partial charge in [-0.05, 0) is 43.9 Å². The summed E-state index contributed by atoms with van der Waals surface area (Å²) in [5, 5.41) is 6.36. The van der Waals surface area contributed by atoms with E-state index in [4.69, 9.17) is 4.98 Å². The van der Waals surface area contributed by atoms with E-state index < -0.39 is 0 Å². The Labute approximate surface area is 167 Å². The largest absolute Gasteiger partial charge is 0.369 e. The van der Waals surface area contributed by atoms with Crippen molar-refractivity contribution in [3.05, 3.63) is 41.3 Å². The summed E-state index contributed by atoms with van der Waals surface area (Å²) in [6, 6.07) is 3.91. The molecule has 0 fully saturated rings. The Balaban J connectivity index is 1.87. The lowest BCUT2D eigenvalue weighted by atomic mass is 10.0. The maximum atomic E-state index is 12.8. The van der Waals surface area contributed by atoms with Crippen molar-refractivity contribution in [1.29, 1.82) is 0 Å². The number of nitrogens with one attached hydrogen (secondary N) is 2. The van der Waals surface area contributed by atoms with Gasteiger partial charge in [-0.25, -0.2) is 15.0 Å². The van der Waals surface area contributed by atoms with E-state index in [2.05, 4.69) is 39.3 Å². The molecule has 3 rings (SSSR count). The highest BCUT2D eigenvalue weighted by molar-refractivity contribution is 5.99. The predicted octanol–water partition coefficient (Wildman–Crippen LogP) is 2.68. The molecule has 0 radical (unpaired) electrons. The highest BCUT2D eigenvalue weighted by Crippen LogP contribution is 2.23. The van der Waals surface area contributed by atoms with E-state index in [0.29, 0.717) is 17.3 Å². The molecule has 3 heterocycles. The minimum Gasteiger partial charge on any atom is -0.369 e. The molecule has 0 saturated heterocycles. The van der Waals surface area contributed by atoms with E-state index in [1.807, 2.05) is 26.0 Å². The fourth-order valence-electron chi connectivity index (χ4n) is 3.24. The van der Waals surface area contributed by atoms with Crippen molar-refractivity contribution < 1.29 is 4.79 Å². The summed E-state index contributed by atoms with van der Waals surface area (Å²) >= 11 is 0. The van der Waals surface area contributed by atoms with Gasteiger partial charge in [-0.3, -0.25) is 4.79 Å². The molecule has 2 aromatic heterocycles. The van der Waals surface area contributed by atoms with Crippen LogP contribution in [0.4, 0.5) is 11.8 Å². The number of nitrogens with zero attached hydrogens (tertiary/aromatic N) is 4. The van der Waals surface area contributed by atoms with Crippen molar-refractivity contribution in [1.82, 2.24) is 20.3 Å². The standard InChI is InChI=1S/C21H30N6O/c1-14(2)13-24-19-17(20(28)25-15(3)4)12-16-6-10-27(11-7-18(16)26-19)21-22-8-5-9-23-21/h5,8-9,12,14-15H,6-7,10-11,13H2,1-4H3,(H,24,26)(H,25,28). The average Bonchev–Trinajstić information content (AvgIpc) is 2.87. The lowest BCUT2D eigenvalue weighted by molar-refractivity contribution is 0.0943. The smallest absolute Gasteiger partial charge is 0.255 e. The van der Waals surface area contributed by atoms with Gasteiger partial charge in [0.25, 0.3) is 5.91 Å². The van der Waals surface area contributed by atoms with E-state index in [9.17, 15) is 4.79 Å². The third-order valence-corrected chi connectivity index (χ3v) is 4.64. The number of carbonyl (C=O) groups is 1. The van der Waals surface area contributed by atoms with Crippen LogP contribution in [0.2, 0.25) is 0 Å². The molecule has 1 aliphatic rings. The molecule has 0 saturated carbocycles. The van der Waals surface area contributed by atoms with Crippen LogP contribution in [0.1, 0.15) is 49.3 Å². The van der Waals surface area contributed by atoms with Crippen LogP contribution in [0.3, 0.4) is 0 Å². The molecule has 1 amide bonds. The summed E-state index contributed by atoms with van der Waals surface area (Å²) in [5.41, 5.74) is 2.80. The predicted molar refractivity (Wildman–Crippen MR) is 112 cm³/mol. The number of pyridine rings is 1. The molecule has 28 heavy (non-hydrogen) atoms. The summed E-state index contributed by atoms with van der Waals surface area (Å²) in [5.74, 6) is 1.80. The molecule has 2 N–H and O–H groups in total. The number of hydrogen-bond donors (Lipinski definition) is 2. The number of amides is 1. The topological polar surface area (TPSA) is 83.0 Å². The maximum absolute atomic E-state index is 12.8. The van der Waals surface area contributed by atoms with Crippen molar-refractivity contribution in [2.45, 2.75) is 46.6 Å². The fourth-order valence-corrected chi connectivity index (χ4v) is 3.24. The van der Waals surface area contributed by atoms with Gasteiger partial charge in [0.05, 0.1) is 5.56 Å². The number of carbonyl (C=O) groups excluding carboxylic acids is 1. The molecule has 7 nitrogen and oxygen atoms in total. The molecule has 0 atom stereocenters. The summed E-state index contributed by atoms with van der Waals surface area (Å²) < 4.78 is 0. The maximum Gasteiger partial charge on any atom is 0.255 e. The number of aromatic nitrogens is 3. The first-order valence-electron chi connectivity index (χ1n) is 10.0. The van der Waals surface area contributed by atoms with Crippen molar-refractivity contribution >= 4 is 17.7 Å². The van der Waals surface area contributed by atoms with Crippen LogP contribution < -0.4 is 15.5 Å². The van der Waals surface area contributed by atoms with Gasteiger partial charge in [0.1, 0.15) is 5.82 Å². The van der Waals surface area contributed by atoms with Crippen LogP contribution in [0.15, 0.2) is 24.5 Å². The SMILES string of the molecule is CC(C)CNc1nc2c(cc1C(=O)NC(C)C)CCN(c1ncccn1)CC2. The monoisotopic (exact) mass is 382 g/mol. The van der Waals surface area contributed by atoms with Gasteiger partial charge in [-0.1, -0.05) is 13.8 Å². The first-order valence-corrected chi connectivity index (χ1v) is 10.0. The molecule has 1 aliphatic heterocycles. The molecular formula is C21H30N6O. The molecule has 0 spiro atoms. The third kappa shape index (κ3) is 4.97. The van der Waals surface area contributed by atoms with Crippen LogP contribution in [-0.2, 0) is 12.8 Å². The van der Waals surface area contributed by atoms with Gasteiger partial charge < -0.3 is 15.5 Å². The molecule has 150 valence electrons. The van der Waals surface area contributed by atoms with Crippen LogP contribution in [0, 0.1) is 5.92 Å². The van der Waals surface area contributed by atoms with Gasteiger partial charge in [-0.2, -0.15) is 0 Å². The summed E-state index contributed by atoms with van der Waals surface area (Å²) in [7, 11) is 0. The summed E-state index contributed by atoms with van der Waals surface area (Å²) in [6.45, 7) is 10.6. The Morgan fingerprint density at radius 1 is 1.14 bits per heavy atom. The number of hydrogen-bond acceptors (Lipinski definition) is 6. The molecule has 0 unspecified atom stereocenters. The van der Waals surface area contributed by atoms with Crippen LogP contribution in [0.5, 0.6) is 0 Å². The zero-order chi connectivity index (χ0) is 20.1. The second-order valence-corrected chi connectivity index (χ2v) is 7.93. The zero-order valence-corrected chi connectivity index (χ0v) is 17.2. The normalized spacial score (nSPS) is 14.0. The van der Waals surface area contributed by atoms with E-state index in [1.54, 1.807) is 12.4 Å². The number of rotatable bonds is 6. The Morgan fingerprint density at radius 3 is 2.54 bits per heavy atom. The molecule has 0 bridgehead atoms. The van der Waals surface area contributed by atoms with E-state index >= 15 is 0 Å². The highest BCUT2D eigenvalue weighted by atomic mass is 16.1.